The monoisotopic (exact) mass is 412 g/mol. The second-order valence-corrected chi connectivity index (χ2v) is 11.0. The van der Waals surface area contributed by atoms with Crippen molar-refractivity contribution in [2.24, 2.45) is 28.4 Å². The van der Waals surface area contributed by atoms with E-state index in [1.807, 2.05) is 0 Å². The summed E-state index contributed by atoms with van der Waals surface area (Å²) in [6, 6.07) is 0. The van der Waals surface area contributed by atoms with Gasteiger partial charge in [-0.3, -0.25) is 9.59 Å². The Morgan fingerprint density at radius 2 is 1.76 bits per heavy atom. The molecule has 4 saturated carbocycles. The van der Waals surface area contributed by atoms with Gasteiger partial charge < -0.3 is 15.8 Å². The van der Waals surface area contributed by atoms with Gasteiger partial charge >= 0.3 is 0 Å². The maximum Gasteiger partial charge on any atom is 0.225 e. The number of carbonyl (C=O) groups is 2. The van der Waals surface area contributed by atoms with Crippen molar-refractivity contribution in [3.05, 3.63) is 0 Å². The Bertz CT molecular complexity index is 559. The lowest BCUT2D eigenvalue weighted by Gasteiger charge is -2.60. The summed E-state index contributed by atoms with van der Waals surface area (Å²) in [7, 11) is 0. The van der Waals surface area contributed by atoms with E-state index in [4.69, 9.17) is 10.5 Å². The van der Waals surface area contributed by atoms with Crippen LogP contribution in [0.4, 0.5) is 0 Å². The average Bonchev–Trinajstić information content (AvgIpc) is 2.51. The van der Waals surface area contributed by atoms with E-state index in [1.165, 1.54) is 32.1 Å². The fourth-order valence-corrected chi connectivity index (χ4v) is 8.00. The van der Waals surface area contributed by atoms with Crippen molar-refractivity contribution in [2.75, 3.05) is 19.8 Å². The highest BCUT2D eigenvalue weighted by molar-refractivity contribution is 9.10. The highest BCUT2D eigenvalue weighted by Crippen LogP contribution is 2.65. The average molecular weight is 413 g/mol. The predicted molar refractivity (Wildman–Crippen MR) is 98.1 cm³/mol. The van der Waals surface area contributed by atoms with Crippen molar-refractivity contribution in [1.29, 1.82) is 0 Å². The van der Waals surface area contributed by atoms with Crippen molar-refractivity contribution < 1.29 is 14.3 Å². The summed E-state index contributed by atoms with van der Waals surface area (Å²) in [5.74, 6) is 1.33. The van der Waals surface area contributed by atoms with E-state index in [-0.39, 0.29) is 21.6 Å². The summed E-state index contributed by atoms with van der Waals surface area (Å²) in [4.78, 5) is 24.7. The zero-order valence-corrected chi connectivity index (χ0v) is 16.4. The van der Waals surface area contributed by atoms with Gasteiger partial charge in [-0.15, -0.1) is 0 Å². The first-order valence-electron chi connectivity index (χ1n) is 9.66. The molecule has 4 aliphatic carbocycles. The number of halogens is 1. The van der Waals surface area contributed by atoms with Crippen LogP contribution in [0, 0.1) is 22.7 Å². The Morgan fingerprint density at radius 3 is 2.32 bits per heavy atom. The van der Waals surface area contributed by atoms with Crippen LogP contribution < -0.4 is 11.1 Å². The Kier molecular flexibility index (Phi) is 4.42. The smallest absolute Gasteiger partial charge is 0.225 e. The Labute approximate surface area is 157 Å². The molecule has 5 aliphatic rings. The van der Waals surface area contributed by atoms with Crippen LogP contribution in [0.2, 0.25) is 0 Å². The molecule has 6 heteroatoms. The van der Waals surface area contributed by atoms with Crippen LogP contribution in [0.3, 0.4) is 0 Å². The van der Waals surface area contributed by atoms with E-state index in [0.29, 0.717) is 39.0 Å². The Hall–Kier alpha value is -0.620. The molecule has 1 saturated heterocycles. The third kappa shape index (κ3) is 3.36. The number of hydrogen-bond acceptors (Lipinski definition) is 3. The van der Waals surface area contributed by atoms with Crippen LogP contribution in [-0.4, -0.2) is 35.9 Å². The summed E-state index contributed by atoms with van der Waals surface area (Å²) in [6.45, 7) is 1.43. The first-order valence-corrected chi connectivity index (χ1v) is 10.4. The molecule has 140 valence electrons. The lowest BCUT2D eigenvalue weighted by atomic mass is 9.48. The van der Waals surface area contributed by atoms with Gasteiger partial charge in [0.1, 0.15) is 0 Å². The first kappa shape index (κ1) is 17.8. The minimum Gasteiger partial charge on any atom is -0.381 e. The SMILES string of the molecule is NC(=O)C1(CNC(=O)CC23C[C@H]4C[C@@H](CC(Br)(C4)C2)C3)CCOCC1. The van der Waals surface area contributed by atoms with Gasteiger partial charge in [0.25, 0.3) is 0 Å². The van der Waals surface area contributed by atoms with Gasteiger partial charge in [-0.1, -0.05) is 15.9 Å². The predicted octanol–water partition coefficient (Wildman–Crippen LogP) is 2.51. The molecule has 0 aromatic heterocycles. The number of carbonyl (C=O) groups excluding carboxylic acids is 2. The van der Waals surface area contributed by atoms with Gasteiger partial charge in [-0.05, 0) is 68.6 Å². The van der Waals surface area contributed by atoms with E-state index in [2.05, 4.69) is 21.2 Å². The van der Waals surface area contributed by atoms with Gasteiger partial charge in [0.05, 0.1) is 5.41 Å². The van der Waals surface area contributed by atoms with Crippen molar-refractivity contribution >= 4 is 27.7 Å². The molecule has 2 amide bonds. The van der Waals surface area contributed by atoms with Crippen LogP contribution in [-0.2, 0) is 14.3 Å². The number of nitrogens with two attached hydrogens (primary N) is 1. The van der Waals surface area contributed by atoms with Crippen molar-refractivity contribution in [1.82, 2.24) is 5.32 Å². The zero-order valence-electron chi connectivity index (χ0n) is 14.8. The van der Waals surface area contributed by atoms with Gasteiger partial charge in [-0.2, -0.15) is 0 Å². The fraction of sp³-hybridized carbons (Fsp3) is 0.895. The van der Waals surface area contributed by atoms with E-state index in [9.17, 15) is 9.59 Å². The number of nitrogens with one attached hydrogen (secondary N) is 1. The molecule has 0 spiro atoms. The lowest BCUT2D eigenvalue weighted by molar-refractivity contribution is -0.135. The largest absolute Gasteiger partial charge is 0.381 e. The van der Waals surface area contributed by atoms with Crippen LogP contribution >= 0.6 is 15.9 Å². The number of alkyl halides is 1. The van der Waals surface area contributed by atoms with Crippen molar-refractivity contribution in [2.45, 2.75) is 62.1 Å². The lowest BCUT2D eigenvalue weighted by Crippen LogP contribution is -2.55. The summed E-state index contributed by atoms with van der Waals surface area (Å²) in [6.07, 6.45) is 9.20. The second-order valence-electron chi connectivity index (χ2n) is 9.32. The van der Waals surface area contributed by atoms with E-state index in [1.54, 1.807) is 0 Å². The quantitative estimate of drug-likeness (QED) is 0.680. The normalized spacial score (nSPS) is 41.5. The van der Waals surface area contributed by atoms with Gasteiger partial charge in [-0.25, -0.2) is 0 Å². The Balaban J connectivity index is 1.38. The van der Waals surface area contributed by atoms with E-state index in [0.717, 1.165) is 18.3 Å². The summed E-state index contributed by atoms with van der Waals surface area (Å²) in [5, 5.41) is 3.05. The summed E-state index contributed by atoms with van der Waals surface area (Å²) < 4.78 is 5.63. The topological polar surface area (TPSA) is 81.4 Å². The molecule has 0 aromatic rings. The number of primary amides is 1. The summed E-state index contributed by atoms with van der Waals surface area (Å²) in [5.41, 5.74) is 5.17. The van der Waals surface area contributed by atoms with Crippen LogP contribution in [0.1, 0.15) is 57.8 Å². The molecule has 5 nitrogen and oxygen atoms in total. The molecule has 25 heavy (non-hydrogen) atoms. The number of rotatable bonds is 5. The van der Waals surface area contributed by atoms with Gasteiger partial charge in [0.15, 0.2) is 0 Å². The molecular weight excluding hydrogens is 384 g/mol. The summed E-state index contributed by atoms with van der Waals surface area (Å²) >= 11 is 4.00. The molecule has 0 aromatic carbocycles. The number of hydrogen-bond donors (Lipinski definition) is 2. The van der Waals surface area contributed by atoms with Gasteiger partial charge in [0, 0.05) is 30.5 Å². The number of ether oxygens (including phenoxy) is 1. The first-order chi connectivity index (χ1) is 11.8. The maximum atomic E-state index is 12.7. The third-order valence-corrected chi connectivity index (χ3v) is 8.17. The molecule has 0 unspecified atom stereocenters. The van der Waals surface area contributed by atoms with Gasteiger partial charge in [0.2, 0.25) is 11.8 Å². The fourth-order valence-electron chi connectivity index (χ4n) is 6.49. The number of amides is 2. The van der Waals surface area contributed by atoms with Crippen molar-refractivity contribution in [3.8, 4) is 0 Å². The van der Waals surface area contributed by atoms with E-state index < -0.39 is 5.41 Å². The second kappa shape index (κ2) is 6.22. The molecule has 2 atom stereocenters. The minimum absolute atomic E-state index is 0.0881. The molecule has 3 N–H and O–H groups in total. The Morgan fingerprint density at radius 1 is 1.12 bits per heavy atom. The maximum absolute atomic E-state index is 12.7. The van der Waals surface area contributed by atoms with Crippen LogP contribution in [0.5, 0.6) is 0 Å². The molecule has 1 aliphatic heterocycles. The molecule has 5 rings (SSSR count). The molecule has 5 fully saturated rings. The van der Waals surface area contributed by atoms with Crippen molar-refractivity contribution in [3.63, 3.8) is 0 Å². The highest BCUT2D eigenvalue weighted by Gasteiger charge is 2.57. The molecule has 0 radical (unpaired) electrons. The van der Waals surface area contributed by atoms with Crippen LogP contribution in [0.15, 0.2) is 0 Å². The van der Waals surface area contributed by atoms with E-state index >= 15 is 0 Å². The minimum atomic E-state index is -0.633. The molecule has 1 heterocycles. The molecule has 4 bridgehead atoms. The standard InChI is InChI=1S/C19H29BrN2O3/c20-19-8-13-5-14(9-19)7-17(6-13,11-19)10-15(23)22-12-18(16(21)24)1-3-25-4-2-18/h13-14H,1-12H2,(H2,21,24)(H,22,23)/t13-,14-,17?,19?/m1/s1. The zero-order chi connectivity index (χ0) is 17.7. The highest BCUT2D eigenvalue weighted by atomic mass is 79.9. The molecular formula is C19H29BrN2O3. The van der Waals surface area contributed by atoms with Crippen LogP contribution in [0.25, 0.3) is 0 Å². The third-order valence-electron chi connectivity index (χ3n) is 7.24.